The molecule has 0 aliphatic heterocycles. The Balaban J connectivity index is 2.25. The molecule has 0 aliphatic rings. The fourth-order valence-electron chi connectivity index (χ4n) is 1.35. The third-order valence-corrected chi connectivity index (χ3v) is 2.53. The van der Waals surface area contributed by atoms with Crippen molar-refractivity contribution in [1.29, 1.82) is 0 Å². The van der Waals surface area contributed by atoms with Crippen molar-refractivity contribution in [3.05, 3.63) is 30.6 Å². The summed E-state index contributed by atoms with van der Waals surface area (Å²) in [5, 5.41) is 0. The molecule has 1 aromatic carbocycles. The van der Waals surface area contributed by atoms with E-state index in [0.717, 1.165) is 11.0 Å². The molecule has 0 fully saturated rings. The SMILES string of the molecule is CSCC(=O)Nn1cnc2ccccc21. The van der Waals surface area contributed by atoms with E-state index in [2.05, 4.69) is 10.4 Å². The average Bonchev–Trinajstić information content (AvgIpc) is 2.62. The highest BCUT2D eigenvalue weighted by molar-refractivity contribution is 7.99. The van der Waals surface area contributed by atoms with E-state index < -0.39 is 0 Å². The summed E-state index contributed by atoms with van der Waals surface area (Å²) in [6, 6.07) is 7.67. The molecule has 0 aliphatic carbocycles. The van der Waals surface area contributed by atoms with Crippen LogP contribution in [0.5, 0.6) is 0 Å². The van der Waals surface area contributed by atoms with Gasteiger partial charge in [-0.25, -0.2) is 9.66 Å². The molecular formula is C10H11N3OS. The van der Waals surface area contributed by atoms with Crippen molar-refractivity contribution in [3.63, 3.8) is 0 Å². The number of imidazole rings is 1. The zero-order valence-corrected chi connectivity index (χ0v) is 9.12. The first-order chi connectivity index (χ1) is 7.31. The summed E-state index contributed by atoms with van der Waals surface area (Å²) >= 11 is 1.49. The maximum absolute atomic E-state index is 11.4. The minimum absolute atomic E-state index is 0.0225. The molecule has 15 heavy (non-hydrogen) atoms. The number of amides is 1. The fourth-order valence-corrected chi connectivity index (χ4v) is 1.67. The third-order valence-electron chi connectivity index (χ3n) is 1.97. The molecule has 1 N–H and O–H groups in total. The normalized spacial score (nSPS) is 10.5. The highest BCUT2D eigenvalue weighted by atomic mass is 32.2. The topological polar surface area (TPSA) is 46.9 Å². The maximum Gasteiger partial charge on any atom is 0.248 e. The molecule has 1 amide bonds. The first-order valence-corrected chi connectivity index (χ1v) is 5.91. The number of hydrogen-bond donors (Lipinski definition) is 1. The van der Waals surface area contributed by atoms with E-state index in [1.165, 1.54) is 11.8 Å². The van der Waals surface area contributed by atoms with Crippen LogP contribution in [0.2, 0.25) is 0 Å². The summed E-state index contributed by atoms with van der Waals surface area (Å²) in [5.74, 6) is 0.428. The lowest BCUT2D eigenvalue weighted by Gasteiger charge is -2.05. The van der Waals surface area contributed by atoms with E-state index in [-0.39, 0.29) is 5.91 Å². The molecule has 0 radical (unpaired) electrons. The van der Waals surface area contributed by atoms with Crippen LogP contribution in [-0.2, 0) is 4.79 Å². The molecule has 2 rings (SSSR count). The molecular weight excluding hydrogens is 210 g/mol. The lowest BCUT2D eigenvalue weighted by Crippen LogP contribution is -2.23. The summed E-state index contributed by atoms with van der Waals surface area (Å²) in [5.41, 5.74) is 4.55. The zero-order valence-electron chi connectivity index (χ0n) is 8.30. The molecule has 1 heterocycles. The van der Waals surface area contributed by atoms with Crippen LogP contribution in [0.3, 0.4) is 0 Å². The summed E-state index contributed by atoms with van der Waals surface area (Å²) < 4.78 is 1.65. The van der Waals surface area contributed by atoms with Gasteiger partial charge in [0, 0.05) is 0 Å². The Labute approximate surface area is 91.7 Å². The Morgan fingerprint density at radius 1 is 1.53 bits per heavy atom. The Hall–Kier alpha value is -1.49. The predicted octanol–water partition coefficient (Wildman–Crippen LogP) is 1.47. The zero-order chi connectivity index (χ0) is 10.7. The van der Waals surface area contributed by atoms with Crippen molar-refractivity contribution in [2.24, 2.45) is 0 Å². The number of nitrogens with one attached hydrogen (secondary N) is 1. The number of fused-ring (bicyclic) bond motifs is 1. The van der Waals surface area contributed by atoms with Gasteiger partial charge in [0.15, 0.2) is 0 Å². The number of rotatable bonds is 3. The van der Waals surface area contributed by atoms with Gasteiger partial charge in [0.1, 0.15) is 6.33 Å². The van der Waals surface area contributed by atoms with Crippen LogP contribution in [0.1, 0.15) is 0 Å². The summed E-state index contributed by atoms with van der Waals surface area (Å²) in [7, 11) is 0. The molecule has 0 bridgehead atoms. The van der Waals surface area contributed by atoms with Crippen molar-refractivity contribution >= 4 is 28.7 Å². The first-order valence-electron chi connectivity index (χ1n) is 4.52. The van der Waals surface area contributed by atoms with Gasteiger partial charge in [-0.05, 0) is 18.4 Å². The number of thioether (sulfide) groups is 1. The van der Waals surface area contributed by atoms with Crippen LogP contribution in [0, 0.1) is 0 Å². The Kier molecular flexibility index (Phi) is 2.91. The lowest BCUT2D eigenvalue weighted by atomic mass is 10.3. The standard InChI is InChI=1S/C10H11N3OS/c1-15-6-10(14)12-13-7-11-8-4-2-3-5-9(8)13/h2-5,7H,6H2,1H3,(H,12,14). The Morgan fingerprint density at radius 2 is 2.33 bits per heavy atom. The number of benzene rings is 1. The molecule has 0 saturated heterocycles. The van der Waals surface area contributed by atoms with Crippen molar-refractivity contribution in [3.8, 4) is 0 Å². The van der Waals surface area contributed by atoms with Gasteiger partial charge in [0.2, 0.25) is 5.91 Å². The van der Waals surface area contributed by atoms with Crippen LogP contribution in [0.4, 0.5) is 0 Å². The fraction of sp³-hybridized carbons (Fsp3) is 0.200. The van der Waals surface area contributed by atoms with Gasteiger partial charge in [-0.3, -0.25) is 10.2 Å². The lowest BCUT2D eigenvalue weighted by molar-refractivity contribution is -0.114. The van der Waals surface area contributed by atoms with Gasteiger partial charge in [-0.1, -0.05) is 12.1 Å². The number of hydrogen-bond acceptors (Lipinski definition) is 3. The third kappa shape index (κ3) is 2.12. The maximum atomic E-state index is 11.4. The molecule has 2 aromatic rings. The number of aromatic nitrogens is 2. The molecule has 4 nitrogen and oxygen atoms in total. The smallest absolute Gasteiger partial charge is 0.248 e. The summed E-state index contributed by atoms with van der Waals surface area (Å²) in [6.07, 6.45) is 3.51. The second kappa shape index (κ2) is 4.35. The molecule has 78 valence electrons. The van der Waals surface area contributed by atoms with Crippen molar-refractivity contribution < 1.29 is 4.79 Å². The summed E-state index contributed by atoms with van der Waals surface area (Å²) in [6.45, 7) is 0. The van der Waals surface area contributed by atoms with Gasteiger partial charge in [0.05, 0.1) is 16.8 Å². The molecule has 0 unspecified atom stereocenters. The second-order valence-corrected chi connectivity index (χ2v) is 3.94. The van der Waals surface area contributed by atoms with Crippen molar-refractivity contribution in [1.82, 2.24) is 9.66 Å². The van der Waals surface area contributed by atoms with Gasteiger partial charge in [-0.15, -0.1) is 0 Å². The quantitative estimate of drug-likeness (QED) is 0.853. The predicted molar refractivity (Wildman–Crippen MR) is 62.5 cm³/mol. The van der Waals surface area contributed by atoms with E-state index in [0.29, 0.717) is 5.75 Å². The molecule has 0 spiro atoms. The van der Waals surface area contributed by atoms with E-state index in [4.69, 9.17) is 0 Å². The van der Waals surface area contributed by atoms with Gasteiger partial charge >= 0.3 is 0 Å². The largest absolute Gasteiger partial charge is 0.272 e. The Morgan fingerprint density at radius 3 is 3.13 bits per heavy atom. The molecule has 0 atom stereocenters. The van der Waals surface area contributed by atoms with Crippen molar-refractivity contribution in [2.45, 2.75) is 0 Å². The number of para-hydroxylation sites is 2. The van der Waals surface area contributed by atoms with Crippen LogP contribution < -0.4 is 5.43 Å². The molecule has 1 aromatic heterocycles. The number of nitrogens with zero attached hydrogens (tertiary/aromatic N) is 2. The molecule has 5 heteroatoms. The average molecular weight is 221 g/mol. The highest BCUT2D eigenvalue weighted by Crippen LogP contribution is 2.09. The van der Waals surface area contributed by atoms with E-state index in [1.54, 1.807) is 11.0 Å². The van der Waals surface area contributed by atoms with E-state index in [9.17, 15) is 4.79 Å². The minimum Gasteiger partial charge on any atom is -0.272 e. The monoisotopic (exact) mass is 221 g/mol. The molecule has 0 saturated carbocycles. The van der Waals surface area contributed by atoms with Crippen LogP contribution in [0.25, 0.3) is 11.0 Å². The highest BCUT2D eigenvalue weighted by Gasteiger charge is 2.04. The summed E-state index contributed by atoms with van der Waals surface area (Å²) in [4.78, 5) is 15.5. The van der Waals surface area contributed by atoms with Crippen LogP contribution in [0.15, 0.2) is 30.6 Å². The first kappa shape index (κ1) is 10.0. The number of carbonyl (C=O) groups is 1. The van der Waals surface area contributed by atoms with Gasteiger partial charge in [-0.2, -0.15) is 11.8 Å². The van der Waals surface area contributed by atoms with E-state index >= 15 is 0 Å². The number of carbonyl (C=O) groups excluding carboxylic acids is 1. The van der Waals surface area contributed by atoms with Gasteiger partial charge in [0.25, 0.3) is 0 Å². The van der Waals surface area contributed by atoms with Crippen molar-refractivity contribution in [2.75, 3.05) is 17.4 Å². The van der Waals surface area contributed by atoms with E-state index in [1.807, 2.05) is 30.5 Å². The van der Waals surface area contributed by atoms with Crippen LogP contribution in [-0.4, -0.2) is 27.6 Å². The van der Waals surface area contributed by atoms with Gasteiger partial charge < -0.3 is 0 Å². The second-order valence-electron chi connectivity index (χ2n) is 3.07. The minimum atomic E-state index is -0.0225. The van der Waals surface area contributed by atoms with Crippen LogP contribution >= 0.6 is 11.8 Å². The Bertz CT molecular complexity index is 480.